The molecule has 0 bridgehead atoms. The molecule has 2 aliphatic rings. The van der Waals surface area contributed by atoms with Gasteiger partial charge in [-0.15, -0.1) is 0 Å². The molecule has 1 aromatic rings. The third-order valence-electron chi connectivity index (χ3n) is 4.84. The Morgan fingerprint density at radius 2 is 2.14 bits per heavy atom. The predicted molar refractivity (Wildman–Crippen MR) is 87.2 cm³/mol. The smallest absolute Gasteiger partial charge is 0.224 e. The van der Waals surface area contributed by atoms with Crippen molar-refractivity contribution in [3.63, 3.8) is 0 Å². The number of pyridine rings is 1. The molecule has 0 spiro atoms. The molecule has 1 aromatic heterocycles. The van der Waals surface area contributed by atoms with Gasteiger partial charge >= 0.3 is 0 Å². The zero-order valence-corrected chi connectivity index (χ0v) is 13.7. The quantitative estimate of drug-likeness (QED) is 0.838. The number of amides is 1. The van der Waals surface area contributed by atoms with Crippen LogP contribution >= 0.6 is 0 Å². The van der Waals surface area contributed by atoms with Crippen molar-refractivity contribution in [2.45, 2.75) is 45.7 Å². The first-order valence-corrected chi connectivity index (χ1v) is 8.55. The second-order valence-electron chi connectivity index (χ2n) is 7.11. The van der Waals surface area contributed by atoms with Gasteiger partial charge in [0.25, 0.3) is 0 Å². The SMILES string of the molecule is CC(C)[C@@H]1CN(Cc2ccccn2)CCC(=O)N1CC1CC1. The van der Waals surface area contributed by atoms with E-state index in [1.165, 1.54) is 12.8 Å². The van der Waals surface area contributed by atoms with E-state index in [-0.39, 0.29) is 0 Å². The Balaban J connectivity index is 1.70. The van der Waals surface area contributed by atoms with Crippen molar-refractivity contribution in [1.82, 2.24) is 14.8 Å². The zero-order valence-electron chi connectivity index (χ0n) is 13.7. The van der Waals surface area contributed by atoms with Crippen molar-refractivity contribution in [3.05, 3.63) is 30.1 Å². The number of hydrogen-bond donors (Lipinski definition) is 0. The van der Waals surface area contributed by atoms with Gasteiger partial charge in [0.05, 0.1) is 5.69 Å². The standard InChI is InChI=1S/C18H27N3O/c1-14(2)17-13-20(12-16-5-3-4-9-19-16)10-8-18(22)21(17)11-15-6-7-15/h3-5,9,14-15,17H,6-8,10-13H2,1-2H3/t17-/m0/s1. The van der Waals surface area contributed by atoms with Gasteiger partial charge < -0.3 is 4.90 Å². The van der Waals surface area contributed by atoms with E-state index in [0.717, 1.165) is 37.8 Å². The number of carbonyl (C=O) groups is 1. The van der Waals surface area contributed by atoms with E-state index in [4.69, 9.17) is 0 Å². The fourth-order valence-electron chi connectivity index (χ4n) is 3.29. The molecular formula is C18H27N3O. The maximum atomic E-state index is 12.6. The summed E-state index contributed by atoms with van der Waals surface area (Å²) in [6.45, 7) is 8.10. The van der Waals surface area contributed by atoms with Crippen LogP contribution < -0.4 is 0 Å². The fraction of sp³-hybridized carbons (Fsp3) is 0.667. The van der Waals surface area contributed by atoms with Crippen LogP contribution in [0.3, 0.4) is 0 Å². The summed E-state index contributed by atoms with van der Waals surface area (Å²) < 4.78 is 0. The molecule has 0 radical (unpaired) electrons. The van der Waals surface area contributed by atoms with Gasteiger partial charge in [0.15, 0.2) is 0 Å². The van der Waals surface area contributed by atoms with Crippen molar-refractivity contribution in [3.8, 4) is 0 Å². The van der Waals surface area contributed by atoms with E-state index in [1.54, 1.807) is 0 Å². The van der Waals surface area contributed by atoms with Crippen molar-refractivity contribution in [2.24, 2.45) is 11.8 Å². The van der Waals surface area contributed by atoms with Crippen molar-refractivity contribution >= 4 is 5.91 Å². The number of hydrogen-bond acceptors (Lipinski definition) is 3. The first kappa shape index (κ1) is 15.5. The first-order valence-electron chi connectivity index (χ1n) is 8.55. The highest BCUT2D eigenvalue weighted by Crippen LogP contribution is 2.32. The minimum atomic E-state index is 0.333. The van der Waals surface area contributed by atoms with Gasteiger partial charge in [-0.1, -0.05) is 19.9 Å². The van der Waals surface area contributed by atoms with Gasteiger partial charge in [0.2, 0.25) is 5.91 Å². The molecule has 1 saturated carbocycles. The molecule has 0 unspecified atom stereocenters. The van der Waals surface area contributed by atoms with Crippen LogP contribution in [-0.2, 0) is 11.3 Å². The molecule has 120 valence electrons. The average molecular weight is 301 g/mol. The van der Waals surface area contributed by atoms with E-state index in [9.17, 15) is 4.79 Å². The lowest BCUT2D eigenvalue weighted by Gasteiger charge is -2.34. The molecule has 2 fully saturated rings. The number of nitrogens with zero attached hydrogens (tertiary/aromatic N) is 3. The van der Waals surface area contributed by atoms with E-state index < -0.39 is 0 Å². The highest BCUT2D eigenvalue weighted by Gasteiger charge is 2.35. The van der Waals surface area contributed by atoms with Crippen LogP contribution in [0.15, 0.2) is 24.4 Å². The number of aromatic nitrogens is 1. The highest BCUT2D eigenvalue weighted by molar-refractivity contribution is 5.77. The van der Waals surface area contributed by atoms with Crippen LogP contribution in [0.5, 0.6) is 0 Å². The largest absolute Gasteiger partial charge is 0.338 e. The van der Waals surface area contributed by atoms with Gasteiger partial charge in [0.1, 0.15) is 0 Å². The Morgan fingerprint density at radius 1 is 1.32 bits per heavy atom. The number of rotatable bonds is 5. The predicted octanol–water partition coefficient (Wildman–Crippen LogP) is 2.55. The molecule has 4 heteroatoms. The van der Waals surface area contributed by atoms with Crippen LogP contribution in [0.2, 0.25) is 0 Å². The van der Waals surface area contributed by atoms with Gasteiger partial charge in [-0.3, -0.25) is 14.7 Å². The second kappa shape index (κ2) is 6.78. The Bertz CT molecular complexity index is 498. The van der Waals surface area contributed by atoms with Crippen molar-refractivity contribution in [1.29, 1.82) is 0 Å². The summed E-state index contributed by atoms with van der Waals surface area (Å²) in [6, 6.07) is 6.38. The molecule has 3 rings (SSSR count). The molecule has 1 atom stereocenters. The monoisotopic (exact) mass is 301 g/mol. The summed E-state index contributed by atoms with van der Waals surface area (Å²) in [4.78, 5) is 21.6. The zero-order chi connectivity index (χ0) is 15.5. The number of carbonyl (C=O) groups excluding carboxylic acids is 1. The average Bonchev–Trinajstić information content (AvgIpc) is 3.33. The van der Waals surface area contributed by atoms with Gasteiger partial charge in [0, 0.05) is 44.8 Å². The Hall–Kier alpha value is -1.42. The van der Waals surface area contributed by atoms with Crippen molar-refractivity contribution < 1.29 is 4.79 Å². The molecule has 0 N–H and O–H groups in total. The summed E-state index contributed by atoms with van der Waals surface area (Å²) in [5, 5.41) is 0. The van der Waals surface area contributed by atoms with Gasteiger partial charge in [-0.05, 0) is 36.8 Å². The molecule has 22 heavy (non-hydrogen) atoms. The fourth-order valence-corrected chi connectivity index (χ4v) is 3.29. The molecule has 1 aliphatic carbocycles. The highest BCUT2D eigenvalue weighted by atomic mass is 16.2. The van der Waals surface area contributed by atoms with Crippen molar-refractivity contribution in [2.75, 3.05) is 19.6 Å². The molecule has 1 aliphatic heterocycles. The molecule has 1 saturated heterocycles. The lowest BCUT2D eigenvalue weighted by Crippen LogP contribution is -2.47. The maximum absolute atomic E-state index is 12.6. The lowest BCUT2D eigenvalue weighted by atomic mass is 10.0. The van der Waals surface area contributed by atoms with E-state index >= 15 is 0 Å². The molecular weight excluding hydrogens is 274 g/mol. The summed E-state index contributed by atoms with van der Waals surface area (Å²) >= 11 is 0. The van der Waals surface area contributed by atoms with E-state index in [0.29, 0.717) is 24.3 Å². The molecule has 4 nitrogen and oxygen atoms in total. The third-order valence-corrected chi connectivity index (χ3v) is 4.84. The normalized spacial score (nSPS) is 23.9. The minimum Gasteiger partial charge on any atom is -0.338 e. The van der Waals surface area contributed by atoms with Crippen LogP contribution in [-0.4, -0.2) is 46.4 Å². The summed E-state index contributed by atoms with van der Waals surface area (Å²) in [5.41, 5.74) is 1.09. The van der Waals surface area contributed by atoms with Gasteiger partial charge in [-0.2, -0.15) is 0 Å². The summed E-state index contributed by atoms with van der Waals surface area (Å²) in [6.07, 6.45) is 5.08. The Kier molecular flexibility index (Phi) is 4.77. The van der Waals surface area contributed by atoms with Crippen LogP contribution in [0.1, 0.15) is 38.8 Å². The Labute approximate surface area is 133 Å². The van der Waals surface area contributed by atoms with Gasteiger partial charge in [-0.25, -0.2) is 0 Å². The van der Waals surface area contributed by atoms with Crippen LogP contribution in [0.25, 0.3) is 0 Å². The Morgan fingerprint density at radius 3 is 2.77 bits per heavy atom. The topological polar surface area (TPSA) is 36.4 Å². The summed E-state index contributed by atoms with van der Waals surface area (Å²) in [7, 11) is 0. The molecule has 2 heterocycles. The van der Waals surface area contributed by atoms with Crippen LogP contribution in [0, 0.1) is 11.8 Å². The van der Waals surface area contributed by atoms with Crippen LogP contribution in [0.4, 0.5) is 0 Å². The maximum Gasteiger partial charge on any atom is 0.224 e. The first-order chi connectivity index (χ1) is 10.6. The summed E-state index contributed by atoms with van der Waals surface area (Å²) in [5.74, 6) is 1.59. The molecule has 1 amide bonds. The van der Waals surface area contributed by atoms with E-state index in [1.807, 2.05) is 18.3 Å². The second-order valence-corrected chi connectivity index (χ2v) is 7.11. The van der Waals surface area contributed by atoms with E-state index in [2.05, 4.69) is 34.7 Å². The lowest BCUT2D eigenvalue weighted by molar-refractivity contribution is -0.133. The third kappa shape index (κ3) is 3.86. The minimum absolute atomic E-state index is 0.333. The molecule has 0 aromatic carbocycles.